The number of benzene rings is 20. The van der Waals surface area contributed by atoms with Gasteiger partial charge < -0.3 is 36.5 Å². The molecule has 634 valence electrons. The second-order valence-corrected chi connectivity index (χ2v) is 36.5. The first-order chi connectivity index (χ1) is 67.6. The zero-order valence-corrected chi connectivity index (χ0v) is 74.1. The van der Waals surface area contributed by atoms with Gasteiger partial charge in [-0.05, 0) is 191 Å². The Morgan fingerprint density at radius 2 is 0.569 bits per heavy atom. The Morgan fingerprint density at radius 1 is 0.219 bits per heavy atom. The maximum atomic E-state index is 11.5. The molecule has 0 spiro atoms. The summed E-state index contributed by atoms with van der Waals surface area (Å²) in [7, 11) is 0. The number of hydrogen-bond acceptors (Lipinski definition) is 2. The lowest BCUT2D eigenvalue weighted by molar-refractivity contribution is 0.661. The molecule has 29 rings (SSSR count). The van der Waals surface area contributed by atoms with E-state index in [1.807, 2.05) is 36.4 Å². The van der Waals surface area contributed by atoms with Crippen molar-refractivity contribution in [3.05, 3.63) is 458 Å². The molecule has 0 amide bonds. The quantitative estimate of drug-likeness (QED) is 0.142. The first-order valence-corrected chi connectivity index (χ1v) is 46.2. The van der Waals surface area contributed by atoms with Gasteiger partial charge in [-0.25, -0.2) is 9.69 Å². The number of para-hydroxylation sites is 10. The van der Waals surface area contributed by atoms with E-state index in [1.54, 1.807) is 0 Å². The van der Waals surface area contributed by atoms with Crippen molar-refractivity contribution < 1.29 is 0 Å². The topological polar surface area (TPSA) is 95.7 Å². The van der Waals surface area contributed by atoms with Gasteiger partial charge in [0.25, 0.3) is 0 Å². The molecule has 0 bridgehead atoms. The van der Waals surface area contributed by atoms with Crippen LogP contribution in [0.15, 0.2) is 413 Å². The van der Waals surface area contributed by atoms with Crippen molar-refractivity contribution in [2.75, 3.05) is 0 Å². The lowest BCUT2D eigenvalue weighted by Gasteiger charge is -2.22. The highest BCUT2D eigenvalue weighted by Gasteiger charge is 2.38. The maximum Gasteiger partial charge on any atom is 0.212 e. The summed E-state index contributed by atoms with van der Waals surface area (Å²) in [5.74, 6) is 0. The lowest BCUT2D eigenvalue weighted by atomic mass is 9.82. The monoisotopic (exact) mass is 1740 g/mol. The summed E-state index contributed by atoms with van der Waals surface area (Å²) in [6.07, 6.45) is 0. The molecule has 0 unspecified atom stereocenters. The highest BCUT2D eigenvalue weighted by molar-refractivity contribution is 6.29. The van der Waals surface area contributed by atoms with Crippen molar-refractivity contribution in [2.24, 2.45) is 0 Å². The molecule has 12 nitrogen and oxygen atoms in total. The molecule has 0 fully saturated rings. The van der Waals surface area contributed by atoms with E-state index in [2.05, 4.69) is 448 Å². The van der Waals surface area contributed by atoms with Crippen LogP contribution in [0.2, 0.25) is 0 Å². The Morgan fingerprint density at radius 3 is 1.10 bits per heavy atom. The van der Waals surface area contributed by atoms with Gasteiger partial charge in [-0.3, -0.25) is 0 Å². The van der Waals surface area contributed by atoms with Crippen LogP contribution in [-0.2, 0) is 5.41 Å². The predicted octanol–water partition coefficient (Wildman–Crippen LogP) is 32.5. The third kappa shape index (κ3) is 10.7. The van der Waals surface area contributed by atoms with Gasteiger partial charge in [-0.1, -0.05) is 269 Å². The molecule has 0 aliphatic heterocycles. The number of nitriles is 2. The molecule has 1 aliphatic rings. The van der Waals surface area contributed by atoms with Crippen molar-refractivity contribution >= 4 is 197 Å². The fourth-order valence-electron chi connectivity index (χ4n) is 23.6. The minimum absolute atomic E-state index is 0.260. The van der Waals surface area contributed by atoms with E-state index in [1.165, 1.54) is 43.8 Å². The minimum Gasteiger partial charge on any atom is -0.319 e. The molecule has 0 atom stereocenters. The SMILES string of the molecule is [C-]#[N+]c1cc(-n2c3ccc(-n4c5ccccc5c5ccccc54)cc3c3c4ccccc4ccc32)c(C#N)cc1-n1c2ccccc2c2ccc3c(c4ccccc4n3-c3ccccc3)c21.[C-]#[N+]c1cc(-n2c3ccccc3c3ccc4c5ccccc5n(-c5ccccc5)c4c32)c(C#N)cc1-n1c2ccc(-n3c4ccccc4c4ccccc43)cc2c2cc3c(cc21)C(C)(C)c1ccccc1-3. The lowest BCUT2D eigenvalue weighted by Crippen LogP contribution is -2.15. The summed E-state index contributed by atoms with van der Waals surface area (Å²) in [6.45, 7) is 22.5. The summed E-state index contributed by atoms with van der Waals surface area (Å²) < 4.78 is 18.3. The van der Waals surface area contributed by atoms with Crippen molar-refractivity contribution in [2.45, 2.75) is 19.3 Å². The molecule has 0 saturated carbocycles. The Hall–Kier alpha value is -19.0. The summed E-state index contributed by atoms with van der Waals surface area (Å²) in [4.78, 5) is 8.66. The largest absolute Gasteiger partial charge is 0.319 e. The van der Waals surface area contributed by atoms with Gasteiger partial charge >= 0.3 is 0 Å². The second kappa shape index (κ2) is 29.0. The molecule has 8 heterocycles. The van der Waals surface area contributed by atoms with Crippen molar-refractivity contribution in [3.63, 3.8) is 0 Å². The van der Waals surface area contributed by atoms with Crippen LogP contribution in [0.1, 0.15) is 36.1 Å². The Balaban J connectivity index is 0.000000136. The summed E-state index contributed by atoms with van der Waals surface area (Å²) in [5, 5.41) is 43.0. The predicted molar refractivity (Wildman–Crippen MR) is 565 cm³/mol. The van der Waals surface area contributed by atoms with Crippen LogP contribution >= 0.6 is 0 Å². The molecular formula is C125H74N12. The van der Waals surface area contributed by atoms with E-state index >= 15 is 0 Å². The summed E-state index contributed by atoms with van der Waals surface area (Å²) in [6, 6.07) is 151. The average Bonchev–Trinajstić information content (AvgIpc) is 1.54. The van der Waals surface area contributed by atoms with Gasteiger partial charge in [0.2, 0.25) is 11.4 Å². The smallest absolute Gasteiger partial charge is 0.212 e. The fourth-order valence-corrected chi connectivity index (χ4v) is 23.6. The normalized spacial score (nSPS) is 12.5. The molecule has 28 aromatic rings. The van der Waals surface area contributed by atoms with E-state index in [0.29, 0.717) is 45.3 Å². The highest BCUT2D eigenvalue weighted by atomic mass is 15.1. The molecule has 137 heavy (non-hydrogen) atoms. The zero-order valence-electron chi connectivity index (χ0n) is 74.1. The van der Waals surface area contributed by atoms with E-state index in [0.717, 1.165) is 186 Å². The van der Waals surface area contributed by atoms with E-state index in [-0.39, 0.29) is 5.41 Å². The Labute approximate surface area is 783 Å². The van der Waals surface area contributed by atoms with Crippen molar-refractivity contribution in [1.82, 2.24) is 36.5 Å². The maximum absolute atomic E-state index is 11.5. The molecule has 1 aliphatic carbocycles. The second-order valence-electron chi connectivity index (χ2n) is 36.5. The number of aromatic nitrogens is 8. The van der Waals surface area contributed by atoms with E-state index in [9.17, 15) is 10.5 Å². The first kappa shape index (κ1) is 76.8. The Bertz CT molecular complexity index is 10300. The fraction of sp³-hybridized carbons (Fsp3) is 0.0240. The highest BCUT2D eigenvalue weighted by Crippen LogP contribution is 2.54. The van der Waals surface area contributed by atoms with Crippen LogP contribution in [0.25, 0.3) is 252 Å². The molecule has 0 N–H and O–H groups in total. The zero-order chi connectivity index (χ0) is 90.9. The van der Waals surface area contributed by atoms with Gasteiger partial charge in [-0.2, -0.15) is 10.5 Å². The van der Waals surface area contributed by atoms with Gasteiger partial charge in [-0.15, -0.1) is 0 Å². The number of nitrogens with zero attached hydrogens (tertiary/aromatic N) is 12. The van der Waals surface area contributed by atoms with Crippen LogP contribution in [0, 0.1) is 35.8 Å². The Kier molecular flexibility index (Phi) is 16.3. The third-order valence-corrected chi connectivity index (χ3v) is 29.4. The van der Waals surface area contributed by atoms with Gasteiger partial charge in [0.05, 0.1) is 135 Å². The van der Waals surface area contributed by atoms with Crippen LogP contribution in [0.4, 0.5) is 11.4 Å². The van der Waals surface area contributed by atoms with Gasteiger partial charge in [0.15, 0.2) is 0 Å². The number of fused-ring (bicyclic) bond motifs is 31. The third-order valence-electron chi connectivity index (χ3n) is 29.4. The standard InChI is InChI=1S/C65H40N6.C60H34N6/c1-65(2)52-24-12-7-19-42(52)49-35-51-50-34-41(68-55-25-13-8-20-43(55)44-21-9-14-26-56(44)68)29-32-59(50)70(61(51)36-53(49)65)62-33-39(38-66)60(37-54(62)67-3)71-58-28-16-11-23-46(58)48-31-30-47-45-22-10-15-27-57(45)69(63(47)64(48)71)40-17-5-4-6-18-40;1-62-48-35-56(65-53-31-28-40(34-47(53)58-41-18-6-5-15-37(41)27-30-54(58)65)64-49-23-11-7-19-42(49)43-20-8-12-24-50(43)64)38(36-61)33-57(48)66-51-25-13-9-21-44(51)45-29-32-55-59(60(45)66)46-22-10-14-26-52(46)63(55)39-16-3-2-4-17-39/h4-37H,1-2H3;2-35H. The van der Waals surface area contributed by atoms with E-state index in [4.69, 9.17) is 13.1 Å². The molecule has 12 heteroatoms. The van der Waals surface area contributed by atoms with E-state index < -0.39 is 0 Å². The molecule has 0 radical (unpaired) electrons. The minimum atomic E-state index is -0.260. The molecular weight excluding hydrogens is 1670 g/mol. The van der Waals surface area contributed by atoms with Gasteiger partial charge in [0, 0.05) is 114 Å². The summed E-state index contributed by atoms with van der Waals surface area (Å²) in [5.41, 5.74) is 30.2. The summed E-state index contributed by atoms with van der Waals surface area (Å²) >= 11 is 0. The average molecular weight is 1740 g/mol. The van der Waals surface area contributed by atoms with Gasteiger partial charge in [0.1, 0.15) is 12.1 Å². The van der Waals surface area contributed by atoms with Crippen LogP contribution in [0.5, 0.6) is 0 Å². The van der Waals surface area contributed by atoms with Crippen molar-refractivity contribution in [3.8, 4) is 68.8 Å². The number of hydrogen-bond donors (Lipinski definition) is 0. The molecule has 20 aromatic carbocycles. The van der Waals surface area contributed by atoms with Crippen LogP contribution in [-0.4, -0.2) is 36.5 Å². The molecule has 8 aromatic heterocycles. The van der Waals surface area contributed by atoms with Crippen LogP contribution in [0.3, 0.4) is 0 Å². The molecule has 0 saturated heterocycles. The van der Waals surface area contributed by atoms with Crippen LogP contribution < -0.4 is 0 Å². The first-order valence-electron chi connectivity index (χ1n) is 46.2. The van der Waals surface area contributed by atoms with Crippen molar-refractivity contribution in [1.29, 1.82) is 10.5 Å². The number of rotatable bonds is 8.